The maximum atomic E-state index is 12.7. The number of ether oxygens (including phenoxy) is 1. The van der Waals surface area contributed by atoms with Gasteiger partial charge in [0, 0.05) is 30.3 Å². The van der Waals surface area contributed by atoms with Crippen molar-refractivity contribution < 1.29 is 22.3 Å². The zero-order valence-corrected chi connectivity index (χ0v) is 34.6. The van der Waals surface area contributed by atoms with E-state index in [1.807, 2.05) is 45.2 Å². The van der Waals surface area contributed by atoms with Crippen molar-refractivity contribution in [2.24, 2.45) is 0 Å². The molecule has 0 aliphatic heterocycles. The summed E-state index contributed by atoms with van der Waals surface area (Å²) in [7, 11) is 1.62. The third-order valence-corrected chi connectivity index (χ3v) is 10.5. The average molecular weight is 744 g/mol. The summed E-state index contributed by atoms with van der Waals surface area (Å²) in [4.78, 5) is 4.10. The average Bonchev–Trinajstić information content (AvgIpc) is 3.75. The van der Waals surface area contributed by atoms with E-state index < -0.39 is 11.7 Å². The normalized spacial score (nSPS) is 14.6. The fourth-order valence-electron chi connectivity index (χ4n) is 6.65. The Morgan fingerprint density at radius 3 is 1.94 bits per heavy atom. The van der Waals surface area contributed by atoms with E-state index in [1.54, 1.807) is 23.4 Å². The number of hydrogen-bond donors (Lipinski definition) is 0. The Bertz CT molecular complexity index is 1980. The van der Waals surface area contributed by atoms with Crippen LogP contribution in [0.5, 0.6) is 5.88 Å². The van der Waals surface area contributed by atoms with Crippen molar-refractivity contribution in [1.82, 2.24) is 14.8 Å². The molecule has 0 spiro atoms. The van der Waals surface area contributed by atoms with Gasteiger partial charge in [0.15, 0.2) is 0 Å². The fraction of sp³-hybridized carbons (Fsp3) is 0.478. The molecule has 5 aromatic rings. The minimum Gasteiger partial charge on any atom is -0.481 e. The van der Waals surface area contributed by atoms with Crippen LogP contribution in [0.3, 0.4) is 0 Å². The van der Waals surface area contributed by atoms with Gasteiger partial charge in [0.05, 0.1) is 24.1 Å². The maximum Gasteiger partial charge on any atom is 0.416 e. The molecule has 292 valence electrons. The number of methoxy groups -OCH3 is 1. The highest BCUT2D eigenvalue weighted by Crippen LogP contribution is 2.46. The van der Waals surface area contributed by atoms with Gasteiger partial charge in [-0.1, -0.05) is 93.5 Å². The molecule has 5 nitrogen and oxygen atoms in total. The van der Waals surface area contributed by atoms with Crippen molar-refractivity contribution >= 4 is 0 Å². The lowest BCUT2D eigenvalue weighted by molar-refractivity contribution is -0.137. The number of pyridine rings is 1. The molecule has 3 heterocycles. The highest BCUT2D eigenvalue weighted by atomic mass is 19.4. The number of alkyl halides is 3. The second-order valence-corrected chi connectivity index (χ2v) is 16.8. The molecule has 54 heavy (non-hydrogen) atoms. The molecule has 0 saturated carbocycles. The van der Waals surface area contributed by atoms with Gasteiger partial charge in [0.2, 0.25) is 5.88 Å². The van der Waals surface area contributed by atoms with E-state index in [0.717, 1.165) is 41.5 Å². The van der Waals surface area contributed by atoms with Gasteiger partial charge in [0.1, 0.15) is 11.5 Å². The molecule has 0 fully saturated rings. The first-order valence-corrected chi connectivity index (χ1v) is 19.1. The second kappa shape index (κ2) is 17.0. The van der Waals surface area contributed by atoms with Gasteiger partial charge in [0.25, 0.3) is 0 Å². The van der Waals surface area contributed by atoms with Crippen LogP contribution in [0.25, 0.3) is 5.69 Å². The van der Waals surface area contributed by atoms with Crippen molar-refractivity contribution in [2.45, 2.75) is 137 Å². The lowest BCUT2D eigenvalue weighted by Crippen LogP contribution is -2.34. The van der Waals surface area contributed by atoms with E-state index in [2.05, 4.69) is 96.7 Å². The summed E-state index contributed by atoms with van der Waals surface area (Å²) < 4.78 is 50.6. The number of fused-ring (bicyclic) bond motifs is 1. The highest BCUT2D eigenvalue weighted by molar-refractivity contribution is 5.48. The van der Waals surface area contributed by atoms with E-state index in [-0.39, 0.29) is 16.7 Å². The Labute approximate surface area is 321 Å². The molecule has 0 N–H and O–H groups in total. The van der Waals surface area contributed by atoms with Crippen molar-refractivity contribution in [3.63, 3.8) is 0 Å². The summed E-state index contributed by atoms with van der Waals surface area (Å²) >= 11 is 0. The Balaban J connectivity index is 0.000000193. The predicted molar refractivity (Wildman–Crippen MR) is 214 cm³/mol. The van der Waals surface area contributed by atoms with E-state index in [4.69, 9.17) is 9.15 Å². The summed E-state index contributed by atoms with van der Waals surface area (Å²) in [6.45, 7) is 26.3. The SMILES string of the molecule is COc1ccc(C(C)C)cn1.Cc1cc(C(C)C)nn1-c1cccc(C(F)(F)F)c1.Cc1cc2c(cc1Cc1ccc(C(C)C)o1)C(C)(C)CCC2(C)C. The summed E-state index contributed by atoms with van der Waals surface area (Å²) in [6, 6.07) is 20.2. The van der Waals surface area contributed by atoms with Crippen LogP contribution in [0, 0.1) is 13.8 Å². The number of nitrogens with zero attached hydrogens (tertiary/aromatic N) is 3. The molecular weight excluding hydrogens is 684 g/mol. The fourth-order valence-corrected chi connectivity index (χ4v) is 6.65. The van der Waals surface area contributed by atoms with Gasteiger partial charge in [-0.05, 0) is 114 Å². The summed E-state index contributed by atoms with van der Waals surface area (Å²) in [5, 5.41) is 4.35. The summed E-state index contributed by atoms with van der Waals surface area (Å²) in [6.07, 6.45) is 0.930. The van der Waals surface area contributed by atoms with E-state index in [0.29, 0.717) is 23.4 Å². The zero-order valence-electron chi connectivity index (χ0n) is 34.6. The predicted octanol–water partition coefficient (Wildman–Crippen LogP) is 13.2. The van der Waals surface area contributed by atoms with Gasteiger partial charge in [-0.3, -0.25) is 0 Å². The number of furan rings is 1. The van der Waals surface area contributed by atoms with Crippen LogP contribution in [0.1, 0.15) is 156 Å². The molecule has 2 aromatic carbocycles. The van der Waals surface area contributed by atoms with Gasteiger partial charge in [-0.15, -0.1) is 0 Å². The third kappa shape index (κ3) is 10.5. The molecule has 0 atom stereocenters. The van der Waals surface area contributed by atoms with Crippen molar-refractivity contribution in [2.75, 3.05) is 7.11 Å². The van der Waals surface area contributed by atoms with Crippen LogP contribution < -0.4 is 4.74 Å². The van der Waals surface area contributed by atoms with Gasteiger partial charge >= 0.3 is 6.18 Å². The largest absolute Gasteiger partial charge is 0.481 e. The quantitative estimate of drug-likeness (QED) is 0.167. The molecule has 1 aliphatic rings. The lowest BCUT2D eigenvalue weighted by atomic mass is 9.62. The first-order valence-electron chi connectivity index (χ1n) is 19.1. The molecule has 0 bridgehead atoms. The molecule has 0 unspecified atom stereocenters. The van der Waals surface area contributed by atoms with E-state index in [1.165, 1.54) is 41.2 Å². The van der Waals surface area contributed by atoms with E-state index >= 15 is 0 Å². The molecule has 3 aromatic heterocycles. The minimum absolute atomic E-state index is 0.241. The maximum absolute atomic E-state index is 12.7. The van der Waals surface area contributed by atoms with Gasteiger partial charge in [-0.2, -0.15) is 18.3 Å². The first-order chi connectivity index (χ1) is 25.1. The van der Waals surface area contributed by atoms with Crippen LogP contribution in [-0.4, -0.2) is 21.9 Å². The van der Waals surface area contributed by atoms with Crippen LogP contribution in [0.4, 0.5) is 13.2 Å². The monoisotopic (exact) mass is 743 g/mol. The molecular formula is C46H60F3N3O2. The third-order valence-electron chi connectivity index (χ3n) is 10.5. The lowest BCUT2D eigenvalue weighted by Gasteiger charge is -2.42. The van der Waals surface area contributed by atoms with Crippen molar-refractivity contribution in [1.29, 1.82) is 0 Å². The van der Waals surface area contributed by atoms with Crippen LogP contribution >= 0.6 is 0 Å². The smallest absolute Gasteiger partial charge is 0.416 e. The Kier molecular flexibility index (Phi) is 13.3. The summed E-state index contributed by atoms with van der Waals surface area (Å²) in [5.41, 5.74) is 9.13. The molecule has 0 saturated heterocycles. The topological polar surface area (TPSA) is 53.1 Å². The van der Waals surface area contributed by atoms with E-state index in [9.17, 15) is 13.2 Å². The molecule has 0 radical (unpaired) electrons. The van der Waals surface area contributed by atoms with Crippen LogP contribution in [0.15, 0.2) is 77.3 Å². The standard InChI is InChI=1S/C23H32O.C14H15F3N2.C9H13NO/c1-15(2)21-9-8-18(24-21)13-17-14-20-19(12-16(17)3)22(4,5)10-11-23(20,6)7;1-9(2)13-7-10(3)19(18-13)12-6-4-5-11(8-12)14(15,16)17;1-7(2)8-4-5-9(11-3)10-6-8/h8-9,12,14-15H,10-11,13H2,1-7H3;4-9H,1-3H3;4-7H,1-3H3. The molecule has 8 heteroatoms. The van der Waals surface area contributed by atoms with Crippen molar-refractivity contribution in [3.8, 4) is 11.6 Å². The first kappa shape index (κ1) is 42.4. The Morgan fingerprint density at radius 1 is 0.796 bits per heavy atom. The molecule has 0 amide bonds. The number of rotatable bonds is 7. The van der Waals surface area contributed by atoms with Gasteiger partial charge in [-0.25, -0.2) is 9.67 Å². The van der Waals surface area contributed by atoms with Crippen LogP contribution in [0.2, 0.25) is 0 Å². The number of halogens is 3. The molecule has 1 aliphatic carbocycles. The summed E-state index contributed by atoms with van der Waals surface area (Å²) in [5.74, 6) is 4.06. The Hall–Kier alpha value is -4.33. The van der Waals surface area contributed by atoms with Gasteiger partial charge < -0.3 is 9.15 Å². The van der Waals surface area contributed by atoms with Crippen LogP contribution in [-0.2, 0) is 23.4 Å². The zero-order chi connectivity index (χ0) is 40.2. The number of hydrogen-bond acceptors (Lipinski definition) is 4. The van der Waals surface area contributed by atoms with Crippen molar-refractivity contribution in [3.05, 3.63) is 129 Å². The second-order valence-electron chi connectivity index (χ2n) is 16.8. The number of aromatic nitrogens is 3. The minimum atomic E-state index is -4.34. The Morgan fingerprint density at radius 2 is 1.44 bits per heavy atom. The number of benzene rings is 2. The highest BCUT2D eigenvalue weighted by Gasteiger charge is 2.37. The molecule has 6 rings (SSSR count). The number of aryl methyl sites for hydroxylation is 2.